The van der Waals surface area contributed by atoms with Crippen molar-refractivity contribution < 1.29 is 18.7 Å². The van der Waals surface area contributed by atoms with Gasteiger partial charge in [-0.1, -0.05) is 11.8 Å². The molecule has 0 N–H and O–H groups in total. The maximum atomic E-state index is 10.6. The smallest absolute Gasteiger partial charge is 0.276 e. The quantitative estimate of drug-likeness (QED) is 0.346. The lowest BCUT2D eigenvalue weighted by Crippen LogP contribution is -2.00. The van der Waals surface area contributed by atoms with Crippen LogP contribution < -0.4 is 9.47 Å². The lowest BCUT2D eigenvalue weighted by Gasteiger charge is -2.04. The number of thioether (sulfide) groups is 1. The van der Waals surface area contributed by atoms with Crippen molar-refractivity contribution in [3.05, 3.63) is 54.1 Å². The molecule has 0 radical (unpaired) electrons. The normalized spacial score (nSPS) is 10.4. The molecule has 0 amide bonds. The molecule has 0 aliphatic heterocycles. The van der Waals surface area contributed by atoms with Crippen LogP contribution in [0.1, 0.15) is 10.4 Å². The van der Waals surface area contributed by atoms with Crippen molar-refractivity contribution in [1.82, 2.24) is 10.2 Å². The fourth-order valence-corrected chi connectivity index (χ4v) is 2.63. The summed E-state index contributed by atoms with van der Waals surface area (Å²) in [5.74, 6) is 2.63. The van der Waals surface area contributed by atoms with Crippen LogP contribution in [0.5, 0.6) is 11.5 Å². The number of benzene rings is 2. The topological polar surface area (TPSA) is 74.5 Å². The number of hydrogen-bond donors (Lipinski definition) is 0. The first kappa shape index (κ1) is 17.0. The second kappa shape index (κ2) is 8.34. The predicted octanol–water partition coefficient (Wildman–Crippen LogP) is 3.73. The lowest BCUT2D eigenvalue weighted by atomic mass is 10.2. The average Bonchev–Trinajstić information content (AvgIpc) is 3.15. The first-order valence-electron chi connectivity index (χ1n) is 7.57. The third kappa shape index (κ3) is 4.60. The van der Waals surface area contributed by atoms with E-state index < -0.39 is 0 Å². The summed E-state index contributed by atoms with van der Waals surface area (Å²) < 4.78 is 16.4. The fourth-order valence-electron chi connectivity index (χ4n) is 2.05. The van der Waals surface area contributed by atoms with Gasteiger partial charge in [-0.15, -0.1) is 10.2 Å². The van der Waals surface area contributed by atoms with Crippen LogP contribution in [-0.2, 0) is 0 Å². The van der Waals surface area contributed by atoms with E-state index in [1.165, 1.54) is 11.8 Å². The van der Waals surface area contributed by atoms with Crippen LogP contribution in [0.3, 0.4) is 0 Å². The summed E-state index contributed by atoms with van der Waals surface area (Å²) >= 11 is 1.42. The first-order chi connectivity index (χ1) is 12.3. The van der Waals surface area contributed by atoms with Gasteiger partial charge in [-0.25, -0.2) is 0 Å². The Morgan fingerprint density at radius 1 is 1.04 bits per heavy atom. The summed E-state index contributed by atoms with van der Waals surface area (Å²) in [4.78, 5) is 10.6. The highest BCUT2D eigenvalue weighted by Gasteiger charge is 2.09. The van der Waals surface area contributed by atoms with Gasteiger partial charge in [0, 0.05) is 16.9 Å². The average molecular weight is 356 g/mol. The van der Waals surface area contributed by atoms with Gasteiger partial charge in [0.05, 0.1) is 13.7 Å². The summed E-state index contributed by atoms with van der Waals surface area (Å²) in [6.45, 7) is 0.491. The number of aldehydes is 1. The van der Waals surface area contributed by atoms with Gasteiger partial charge in [0.1, 0.15) is 17.8 Å². The number of hydrogen-bond acceptors (Lipinski definition) is 7. The third-order valence-electron chi connectivity index (χ3n) is 3.34. The molecule has 0 unspecified atom stereocenters. The van der Waals surface area contributed by atoms with E-state index in [0.29, 0.717) is 29.0 Å². The molecule has 0 aliphatic carbocycles. The Labute approximate surface area is 149 Å². The number of aromatic nitrogens is 2. The van der Waals surface area contributed by atoms with Crippen LogP contribution in [0.15, 0.2) is 58.2 Å². The van der Waals surface area contributed by atoms with Crippen LogP contribution in [-0.4, -0.2) is 36.0 Å². The first-order valence-corrected chi connectivity index (χ1v) is 8.56. The molecule has 3 aromatic rings. The Kier molecular flexibility index (Phi) is 5.69. The van der Waals surface area contributed by atoms with E-state index in [0.717, 1.165) is 23.3 Å². The molecule has 1 heterocycles. The van der Waals surface area contributed by atoms with E-state index in [-0.39, 0.29) is 0 Å². The largest absolute Gasteiger partial charge is 0.497 e. The SMILES string of the molecule is COc1ccc(-c2nnc(SCCOc3ccc(C=O)cc3)o2)cc1. The number of methoxy groups -OCH3 is 1. The van der Waals surface area contributed by atoms with Crippen molar-refractivity contribution in [3.63, 3.8) is 0 Å². The van der Waals surface area contributed by atoms with Gasteiger partial charge in [-0.2, -0.15) is 0 Å². The monoisotopic (exact) mass is 356 g/mol. The maximum Gasteiger partial charge on any atom is 0.276 e. The molecular formula is C18H16N2O4S. The molecular weight excluding hydrogens is 340 g/mol. The van der Waals surface area contributed by atoms with Crippen molar-refractivity contribution in [1.29, 1.82) is 0 Å². The predicted molar refractivity (Wildman–Crippen MR) is 94.3 cm³/mol. The summed E-state index contributed by atoms with van der Waals surface area (Å²) in [5, 5.41) is 8.56. The van der Waals surface area contributed by atoms with Crippen molar-refractivity contribution in [2.24, 2.45) is 0 Å². The molecule has 0 spiro atoms. The molecule has 0 saturated carbocycles. The highest BCUT2D eigenvalue weighted by Crippen LogP contribution is 2.24. The minimum atomic E-state index is 0.468. The van der Waals surface area contributed by atoms with Gasteiger partial charge in [-0.05, 0) is 48.5 Å². The van der Waals surface area contributed by atoms with E-state index in [1.54, 1.807) is 31.4 Å². The number of carbonyl (C=O) groups excluding carboxylic acids is 1. The zero-order chi connectivity index (χ0) is 17.5. The van der Waals surface area contributed by atoms with E-state index in [2.05, 4.69) is 10.2 Å². The van der Waals surface area contributed by atoms with Crippen LogP contribution in [0, 0.1) is 0 Å². The van der Waals surface area contributed by atoms with Gasteiger partial charge >= 0.3 is 0 Å². The molecule has 0 aliphatic rings. The Morgan fingerprint density at radius 3 is 2.44 bits per heavy atom. The highest BCUT2D eigenvalue weighted by molar-refractivity contribution is 7.99. The zero-order valence-electron chi connectivity index (χ0n) is 13.5. The van der Waals surface area contributed by atoms with E-state index >= 15 is 0 Å². The van der Waals surface area contributed by atoms with Crippen molar-refractivity contribution in [2.45, 2.75) is 5.22 Å². The Morgan fingerprint density at radius 2 is 1.76 bits per heavy atom. The van der Waals surface area contributed by atoms with Crippen LogP contribution in [0.25, 0.3) is 11.5 Å². The standard InChI is InChI=1S/C18H16N2O4S/c1-22-15-8-4-14(5-9-15)17-19-20-18(24-17)25-11-10-23-16-6-2-13(12-21)3-7-16/h2-9,12H,10-11H2,1H3. The van der Waals surface area contributed by atoms with Crippen molar-refractivity contribution in [2.75, 3.05) is 19.5 Å². The molecule has 1 aromatic heterocycles. The number of rotatable bonds is 8. The van der Waals surface area contributed by atoms with Gasteiger partial charge < -0.3 is 13.9 Å². The molecule has 7 heteroatoms. The van der Waals surface area contributed by atoms with Crippen molar-refractivity contribution in [3.8, 4) is 23.0 Å². The Balaban J connectivity index is 1.48. The lowest BCUT2D eigenvalue weighted by molar-refractivity contribution is 0.112. The second-order valence-electron chi connectivity index (χ2n) is 4.99. The van der Waals surface area contributed by atoms with E-state index in [9.17, 15) is 4.79 Å². The summed E-state index contributed by atoms with van der Waals surface area (Å²) in [7, 11) is 1.62. The minimum Gasteiger partial charge on any atom is -0.497 e. The van der Waals surface area contributed by atoms with Gasteiger partial charge in [-0.3, -0.25) is 4.79 Å². The van der Waals surface area contributed by atoms with Crippen molar-refractivity contribution >= 4 is 18.0 Å². The van der Waals surface area contributed by atoms with Crippen LogP contribution >= 0.6 is 11.8 Å². The fraction of sp³-hybridized carbons (Fsp3) is 0.167. The van der Waals surface area contributed by atoms with E-state index in [1.807, 2.05) is 24.3 Å². The molecule has 2 aromatic carbocycles. The minimum absolute atomic E-state index is 0.468. The summed E-state index contributed by atoms with van der Waals surface area (Å²) in [5.41, 5.74) is 1.46. The summed E-state index contributed by atoms with van der Waals surface area (Å²) in [6, 6.07) is 14.4. The molecule has 25 heavy (non-hydrogen) atoms. The molecule has 0 bridgehead atoms. The van der Waals surface area contributed by atoms with E-state index in [4.69, 9.17) is 13.9 Å². The maximum absolute atomic E-state index is 10.6. The van der Waals surface area contributed by atoms with Crippen LogP contribution in [0.2, 0.25) is 0 Å². The molecule has 3 rings (SSSR count). The van der Waals surface area contributed by atoms with Crippen LogP contribution in [0.4, 0.5) is 0 Å². The molecule has 0 atom stereocenters. The highest BCUT2D eigenvalue weighted by atomic mass is 32.2. The number of carbonyl (C=O) groups is 1. The second-order valence-corrected chi connectivity index (χ2v) is 6.03. The zero-order valence-corrected chi connectivity index (χ0v) is 14.4. The molecule has 0 saturated heterocycles. The van der Waals surface area contributed by atoms with Gasteiger partial charge in [0.25, 0.3) is 5.22 Å². The third-order valence-corrected chi connectivity index (χ3v) is 4.12. The Hall–Kier alpha value is -2.80. The van der Waals surface area contributed by atoms with Gasteiger partial charge in [0.15, 0.2) is 0 Å². The number of nitrogens with zero attached hydrogens (tertiary/aromatic N) is 2. The molecule has 0 fully saturated rings. The summed E-state index contributed by atoms with van der Waals surface area (Å²) in [6.07, 6.45) is 0.801. The molecule has 128 valence electrons. The number of ether oxygens (including phenoxy) is 2. The van der Waals surface area contributed by atoms with Gasteiger partial charge in [0.2, 0.25) is 5.89 Å². The molecule has 6 nitrogen and oxygen atoms in total. The Bertz CT molecular complexity index is 816.